The molecule has 2 rings (SSSR count). The van der Waals surface area contributed by atoms with Crippen molar-refractivity contribution < 1.29 is 4.79 Å². The van der Waals surface area contributed by atoms with E-state index < -0.39 is 0 Å². The molecule has 1 saturated carbocycles. The van der Waals surface area contributed by atoms with Gasteiger partial charge in [0, 0.05) is 27.6 Å². The van der Waals surface area contributed by atoms with Gasteiger partial charge in [0.1, 0.15) is 0 Å². The lowest BCUT2D eigenvalue weighted by molar-refractivity contribution is 0.0753. The Morgan fingerprint density at radius 1 is 1.47 bits per heavy atom. The average Bonchev–Trinajstić information content (AvgIpc) is 3.13. The van der Waals surface area contributed by atoms with Gasteiger partial charge >= 0.3 is 0 Å². The number of amides is 1. The molecule has 0 atom stereocenters. The van der Waals surface area contributed by atoms with Crippen molar-refractivity contribution >= 4 is 51.7 Å². The Morgan fingerprint density at radius 3 is 2.71 bits per heavy atom. The molecule has 5 heteroatoms. The summed E-state index contributed by atoms with van der Waals surface area (Å²) in [6, 6.07) is 5.79. The van der Waals surface area contributed by atoms with E-state index in [1.807, 2.05) is 17.0 Å². The number of hydrogen-bond donors (Lipinski definition) is 0. The van der Waals surface area contributed by atoms with Crippen molar-refractivity contribution in [2.45, 2.75) is 18.9 Å². The molecule has 92 valence electrons. The molecule has 0 radical (unpaired) electrons. The van der Waals surface area contributed by atoms with Crippen LogP contribution in [0.1, 0.15) is 23.2 Å². The maximum absolute atomic E-state index is 12.3. The lowest BCUT2D eigenvalue weighted by Crippen LogP contribution is -2.34. The molecule has 17 heavy (non-hydrogen) atoms. The minimum absolute atomic E-state index is 0.0338. The molecule has 0 unspecified atom stereocenters. The zero-order chi connectivity index (χ0) is 12.4. The second kappa shape index (κ2) is 5.76. The van der Waals surface area contributed by atoms with Crippen LogP contribution in [0, 0.1) is 3.57 Å². The first kappa shape index (κ1) is 13.4. The third-order valence-electron chi connectivity index (χ3n) is 2.74. The van der Waals surface area contributed by atoms with E-state index in [-0.39, 0.29) is 5.91 Å². The molecule has 1 aliphatic carbocycles. The molecule has 0 N–H and O–H groups in total. The van der Waals surface area contributed by atoms with Crippen LogP contribution in [0.3, 0.4) is 0 Å². The average molecular weight is 384 g/mol. The monoisotopic (exact) mass is 383 g/mol. The van der Waals surface area contributed by atoms with Crippen molar-refractivity contribution in [3.63, 3.8) is 0 Å². The van der Waals surface area contributed by atoms with Crippen LogP contribution in [0.5, 0.6) is 0 Å². The van der Waals surface area contributed by atoms with E-state index in [1.54, 1.807) is 6.07 Å². The predicted molar refractivity (Wildman–Crippen MR) is 78.9 cm³/mol. The zero-order valence-electron chi connectivity index (χ0n) is 9.13. The fourth-order valence-electron chi connectivity index (χ4n) is 1.72. The Labute approximate surface area is 124 Å². The number of alkyl halides is 1. The van der Waals surface area contributed by atoms with Crippen LogP contribution >= 0.6 is 45.8 Å². The summed E-state index contributed by atoms with van der Waals surface area (Å²) in [6.07, 6.45) is 2.17. The number of halogens is 3. The third-order valence-corrected chi connectivity index (χ3v) is 4.48. The molecule has 1 aromatic carbocycles. The number of benzene rings is 1. The molecule has 0 heterocycles. The fraction of sp³-hybridized carbons (Fsp3) is 0.417. The summed E-state index contributed by atoms with van der Waals surface area (Å²) in [5.74, 6) is 0.506. The summed E-state index contributed by atoms with van der Waals surface area (Å²) < 4.78 is 0.955. The van der Waals surface area contributed by atoms with Crippen molar-refractivity contribution in [1.29, 1.82) is 0 Å². The van der Waals surface area contributed by atoms with Crippen molar-refractivity contribution in [2.75, 3.05) is 12.4 Å². The first-order valence-electron chi connectivity index (χ1n) is 5.45. The van der Waals surface area contributed by atoms with E-state index in [0.717, 1.165) is 16.4 Å². The lowest BCUT2D eigenvalue weighted by atomic mass is 10.2. The highest BCUT2D eigenvalue weighted by Crippen LogP contribution is 2.29. The largest absolute Gasteiger partial charge is 0.334 e. The summed E-state index contributed by atoms with van der Waals surface area (Å²) in [6.45, 7) is 0.606. The number of hydrogen-bond acceptors (Lipinski definition) is 1. The summed E-state index contributed by atoms with van der Waals surface area (Å²) in [4.78, 5) is 14.1. The van der Waals surface area contributed by atoms with Gasteiger partial charge in [-0.1, -0.05) is 11.6 Å². The van der Waals surface area contributed by atoms with Gasteiger partial charge in [-0.3, -0.25) is 4.79 Å². The van der Waals surface area contributed by atoms with Gasteiger partial charge in [0.15, 0.2) is 0 Å². The highest BCUT2D eigenvalue weighted by atomic mass is 127. The van der Waals surface area contributed by atoms with Gasteiger partial charge in [0.05, 0.1) is 5.02 Å². The Balaban J connectivity index is 2.19. The highest BCUT2D eigenvalue weighted by molar-refractivity contribution is 14.1. The van der Waals surface area contributed by atoms with Gasteiger partial charge in [0.2, 0.25) is 0 Å². The summed E-state index contributed by atoms with van der Waals surface area (Å²) in [5.41, 5.74) is 0.646. The van der Waals surface area contributed by atoms with Gasteiger partial charge in [-0.15, -0.1) is 11.6 Å². The molecule has 1 aromatic rings. The zero-order valence-corrected chi connectivity index (χ0v) is 12.8. The van der Waals surface area contributed by atoms with Crippen LogP contribution in [0.2, 0.25) is 5.02 Å². The molecule has 1 fully saturated rings. The first-order valence-corrected chi connectivity index (χ1v) is 7.44. The fourth-order valence-corrected chi connectivity index (χ4v) is 2.42. The first-order chi connectivity index (χ1) is 8.13. The van der Waals surface area contributed by atoms with Crippen LogP contribution in [0.15, 0.2) is 18.2 Å². The number of carbonyl (C=O) groups is 1. The maximum atomic E-state index is 12.3. The molecule has 2 nitrogen and oxygen atoms in total. The second-order valence-corrected chi connectivity index (χ2v) is 5.99. The number of rotatable bonds is 4. The van der Waals surface area contributed by atoms with Crippen molar-refractivity contribution in [1.82, 2.24) is 4.90 Å². The minimum Gasteiger partial charge on any atom is -0.334 e. The molecular formula is C12H12Cl2INO. The van der Waals surface area contributed by atoms with E-state index >= 15 is 0 Å². The van der Waals surface area contributed by atoms with E-state index in [2.05, 4.69) is 22.6 Å². The van der Waals surface area contributed by atoms with E-state index in [1.165, 1.54) is 0 Å². The van der Waals surface area contributed by atoms with Crippen LogP contribution in [0.4, 0.5) is 0 Å². The molecule has 0 aliphatic heterocycles. The van der Waals surface area contributed by atoms with Gasteiger partial charge in [-0.05, 0) is 53.6 Å². The SMILES string of the molecule is O=C(c1ccc(I)c(Cl)c1)N(CCCl)C1CC1. The predicted octanol–water partition coefficient (Wildman–Crippen LogP) is 3.79. The second-order valence-electron chi connectivity index (χ2n) is 4.05. The number of nitrogens with zero attached hydrogens (tertiary/aromatic N) is 1. The van der Waals surface area contributed by atoms with Crippen molar-refractivity contribution in [3.05, 3.63) is 32.4 Å². The Hall–Kier alpha value is -0.000000000000000167. The van der Waals surface area contributed by atoms with E-state index in [0.29, 0.717) is 29.1 Å². The molecule has 1 amide bonds. The Bertz CT molecular complexity index is 435. The van der Waals surface area contributed by atoms with E-state index in [4.69, 9.17) is 23.2 Å². The van der Waals surface area contributed by atoms with Crippen LogP contribution < -0.4 is 0 Å². The standard InChI is InChI=1S/C12H12Cl2INO/c13-5-6-16(9-2-3-9)12(17)8-1-4-11(15)10(14)7-8/h1,4,7,9H,2-3,5-6H2. The van der Waals surface area contributed by atoms with E-state index in [9.17, 15) is 4.79 Å². The van der Waals surface area contributed by atoms with Gasteiger partial charge < -0.3 is 4.90 Å². The Kier molecular flexibility index (Phi) is 4.55. The van der Waals surface area contributed by atoms with Crippen LogP contribution in [0.25, 0.3) is 0 Å². The highest BCUT2D eigenvalue weighted by Gasteiger charge is 2.32. The molecule has 0 aromatic heterocycles. The summed E-state index contributed by atoms with van der Waals surface area (Å²) in [5, 5.41) is 0.623. The third kappa shape index (κ3) is 3.26. The molecule has 1 aliphatic rings. The summed E-state index contributed by atoms with van der Waals surface area (Å²) in [7, 11) is 0. The Morgan fingerprint density at radius 2 is 2.18 bits per heavy atom. The smallest absolute Gasteiger partial charge is 0.254 e. The van der Waals surface area contributed by atoms with Gasteiger partial charge in [0.25, 0.3) is 5.91 Å². The quantitative estimate of drug-likeness (QED) is 0.572. The van der Waals surface area contributed by atoms with Crippen LogP contribution in [-0.4, -0.2) is 29.3 Å². The molecule has 0 spiro atoms. The van der Waals surface area contributed by atoms with Crippen molar-refractivity contribution in [3.8, 4) is 0 Å². The lowest BCUT2D eigenvalue weighted by Gasteiger charge is -2.21. The van der Waals surface area contributed by atoms with Gasteiger partial charge in [-0.25, -0.2) is 0 Å². The molecule has 0 bridgehead atoms. The van der Waals surface area contributed by atoms with Crippen molar-refractivity contribution in [2.24, 2.45) is 0 Å². The maximum Gasteiger partial charge on any atom is 0.254 e. The van der Waals surface area contributed by atoms with Crippen LogP contribution in [-0.2, 0) is 0 Å². The normalized spacial score (nSPS) is 14.8. The number of carbonyl (C=O) groups excluding carboxylic acids is 1. The minimum atomic E-state index is 0.0338. The van der Waals surface area contributed by atoms with Gasteiger partial charge in [-0.2, -0.15) is 0 Å². The topological polar surface area (TPSA) is 20.3 Å². The molecule has 0 saturated heterocycles. The summed E-state index contributed by atoms with van der Waals surface area (Å²) >= 11 is 13.9. The molecular weight excluding hydrogens is 372 g/mol.